The van der Waals surface area contributed by atoms with E-state index in [9.17, 15) is 0 Å². The van der Waals surface area contributed by atoms with E-state index in [1.54, 1.807) is 0 Å². The van der Waals surface area contributed by atoms with Gasteiger partial charge in [-0.25, -0.2) is 0 Å². The van der Waals surface area contributed by atoms with Crippen LogP contribution in [0, 0.1) is 5.92 Å². The van der Waals surface area contributed by atoms with Crippen molar-refractivity contribution in [2.45, 2.75) is 25.7 Å². The third-order valence-corrected chi connectivity index (χ3v) is 3.54. The molecule has 0 amide bonds. The predicted octanol–water partition coefficient (Wildman–Crippen LogP) is 1.26. The second kappa shape index (κ2) is 8.04. The molecule has 0 aliphatic carbocycles. The maximum Gasteiger partial charge on any atom is 0.0106 e. The summed E-state index contributed by atoms with van der Waals surface area (Å²) in [5, 5.41) is 3.43. The van der Waals surface area contributed by atoms with Gasteiger partial charge < -0.3 is 15.1 Å². The molecule has 0 spiro atoms. The van der Waals surface area contributed by atoms with Gasteiger partial charge in [0.15, 0.2) is 0 Å². The van der Waals surface area contributed by atoms with Crippen molar-refractivity contribution in [1.82, 2.24) is 15.1 Å². The molecule has 96 valence electrons. The van der Waals surface area contributed by atoms with Gasteiger partial charge >= 0.3 is 0 Å². The lowest BCUT2D eigenvalue weighted by Gasteiger charge is -2.24. The molecule has 0 bridgehead atoms. The summed E-state index contributed by atoms with van der Waals surface area (Å²) >= 11 is 0. The lowest BCUT2D eigenvalue weighted by atomic mass is 9.93. The van der Waals surface area contributed by atoms with Gasteiger partial charge in [0, 0.05) is 13.1 Å². The van der Waals surface area contributed by atoms with Crippen molar-refractivity contribution in [3.63, 3.8) is 0 Å². The minimum Gasteiger partial charge on any atom is -0.317 e. The van der Waals surface area contributed by atoms with Crippen LogP contribution >= 0.6 is 0 Å². The number of rotatable bonds is 7. The lowest BCUT2D eigenvalue weighted by Crippen LogP contribution is -2.30. The molecule has 1 aliphatic heterocycles. The molecule has 0 unspecified atom stereocenters. The first-order chi connectivity index (χ1) is 7.68. The van der Waals surface area contributed by atoms with Crippen LogP contribution in [0.2, 0.25) is 0 Å². The first-order valence-corrected chi connectivity index (χ1v) is 6.72. The predicted molar refractivity (Wildman–Crippen MR) is 70.9 cm³/mol. The Labute approximate surface area is 101 Å². The van der Waals surface area contributed by atoms with Crippen LogP contribution in [-0.4, -0.2) is 63.7 Å². The third kappa shape index (κ3) is 6.46. The second-order valence-corrected chi connectivity index (χ2v) is 5.44. The number of piperidine rings is 1. The number of likely N-dealkylation sites (N-methyl/N-ethyl adjacent to an activating group) is 2. The Hall–Kier alpha value is -0.120. The molecule has 0 atom stereocenters. The maximum atomic E-state index is 3.43. The van der Waals surface area contributed by atoms with Crippen molar-refractivity contribution in [2.75, 3.05) is 53.9 Å². The first-order valence-electron chi connectivity index (χ1n) is 6.72. The molecule has 1 rings (SSSR count). The molecule has 0 saturated carbocycles. The van der Waals surface area contributed by atoms with Crippen LogP contribution in [0.1, 0.15) is 25.7 Å². The maximum absolute atomic E-state index is 3.43. The Morgan fingerprint density at radius 1 is 1.00 bits per heavy atom. The summed E-state index contributed by atoms with van der Waals surface area (Å²) in [7, 11) is 6.53. The Morgan fingerprint density at radius 3 is 2.31 bits per heavy atom. The van der Waals surface area contributed by atoms with Crippen molar-refractivity contribution >= 4 is 0 Å². The Morgan fingerprint density at radius 2 is 1.69 bits per heavy atom. The van der Waals surface area contributed by atoms with Crippen LogP contribution in [0.3, 0.4) is 0 Å². The number of hydrogen-bond acceptors (Lipinski definition) is 3. The highest BCUT2D eigenvalue weighted by molar-refractivity contribution is 4.69. The fourth-order valence-electron chi connectivity index (χ4n) is 2.30. The summed E-state index contributed by atoms with van der Waals surface area (Å²) in [6, 6.07) is 0. The van der Waals surface area contributed by atoms with Gasteiger partial charge in [-0.1, -0.05) is 0 Å². The first kappa shape index (κ1) is 13.9. The minimum atomic E-state index is 0.989. The van der Waals surface area contributed by atoms with Crippen molar-refractivity contribution in [2.24, 2.45) is 5.92 Å². The zero-order valence-corrected chi connectivity index (χ0v) is 11.3. The van der Waals surface area contributed by atoms with Gasteiger partial charge in [0.25, 0.3) is 0 Å². The van der Waals surface area contributed by atoms with Crippen molar-refractivity contribution in [3.05, 3.63) is 0 Å². The molecule has 0 aromatic heterocycles. The highest BCUT2D eigenvalue weighted by Crippen LogP contribution is 2.17. The monoisotopic (exact) mass is 227 g/mol. The summed E-state index contributed by atoms with van der Waals surface area (Å²) < 4.78 is 0. The van der Waals surface area contributed by atoms with E-state index < -0.39 is 0 Å². The average molecular weight is 227 g/mol. The van der Waals surface area contributed by atoms with Crippen LogP contribution in [-0.2, 0) is 0 Å². The zero-order valence-electron chi connectivity index (χ0n) is 11.3. The molecule has 16 heavy (non-hydrogen) atoms. The number of nitrogens with zero attached hydrogens (tertiary/aromatic N) is 2. The molecule has 0 aromatic carbocycles. The van der Waals surface area contributed by atoms with Crippen molar-refractivity contribution in [1.29, 1.82) is 0 Å². The SMILES string of the molecule is CN(C)CCN(C)CCCC1CCNCC1. The summed E-state index contributed by atoms with van der Waals surface area (Å²) in [5.41, 5.74) is 0. The fraction of sp³-hybridized carbons (Fsp3) is 1.00. The Kier molecular flexibility index (Phi) is 7.01. The van der Waals surface area contributed by atoms with E-state index >= 15 is 0 Å². The highest BCUT2D eigenvalue weighted by Gasteiger charge is 2.12. The zero-order chi connectivity index (χ0) is 11.8. The summed E-state index contributed by atoms with van der Waals surface area (Å²) in [6.07, 6.45) is 5.57. The molecule has 0 radical (unpaired) electrons. The quantitative estimate of drug-likeness (QED) is 0.706. The van der Waals surface area contributed by atoms with Crippen LogP contribution in [0.5, 0.6) is 0 Å². The minimum absolute atomic E-state index is 0.989. The van der Waals surface area contributed by atoms with E-state index in [0.717, 1.165) is 5.92 Å². The van der Waals surface area contributed by atoms with E-state index in [0.29, 0.717) is 0 Å². The molecule has 1 aliphatic rings. The van der Waals surface area contributed by atoms with E-state index in [-0.39, 0.29) is 0 Å². The van der Waals surface area contributed by atoms with Crippen LogP contribution < -0.4 is 5.32 Å². The molecule has 1 N–H and O–H groups in total. The third-order valence-electron chi connectivity index (χ3n) is 3.54. The molecule has 1 heterocycles. The van der Waals surface area contributed by atoms with Gasteiger partial charge in [0.2, 0.25) is 0 Å². The van der Waals surface area contributed by atoms with Gasteiger partial charge in [0.05, 0.1) is 0 Å². The standard InChI is InChI=1S/C13H29N3/c1-15(2)11-12-16(3)10-4-5-13-6-8-14-9-7-13/h13-14H,4-12H2,1-3H3. The van der Waals surface area contributed by atoms with Gasteiger partial charge in [-0.05, 0) is 72.4 Å². The van der Waals surface area contributed by atoms with Crippen LogP contribution in [0.4, 0.5) is 0 Å². The molecule has 3 nitrogen and oxygen atoms in total. The highest BCUT2D eigenvalue weighted by atomic mass is 15.1. The molecule has 0 aromatic rings. The summed E-state index contributed by atoms with van der Waals surface area (Å²) in [4.78, 5) is 4.71. The van der Waals surface area contributed by atoms with E-state index in [1.807, 2.05) is 0 Å². The van der Waals surface area contributed by atoms with E-state index in [1.165, 1.54) is 58.4 Å². The largest absolute Gasteiger partial charge is 0.317 e. The van der Waals surface area contributed by atoms with E-state index in [2.05, 4.69) is 36.3 Å². The van der Waals surface area contributed by atoms with Gasteiger partial charge in [0.1, 0.15) is 0 Å². The van der Waals surface area contributed by atoms with Crippen molar-refractivity contribution < 1.29 is 0 Å². The Bertz CT molecular complexity index is 165. The van der Waals surface area contributed by atoms with E-state index in [4.69, 9.17) is 0 Å². The second-order valence-electron chi connectivity index (χ2n) is 5.44. The Balaban J connectivity index is 1.96. The number of nitrogens with one attached hydrogen (secondary N) is 1. The lowest BCUT2D eigenvalue weighted by molar-refractivity contribution is 0.263. The molecule has 3 heteroatoms. The van der Waals surface area contributed by atoms with Gasteiger partial charge in [-0.2, -0.15) is 0 Å². The number of hydrogen-bond donors (Lipinski definition) is 1. The summed E-state index contributed by atoms with van der Waals surface area (Å²) in [6.45, 7) is 6.10. The smallest absolute Gasteiger partial charge is 0.0106 e. The summed E-state index contributed by atoms with van der Waals surface area (Å²) in [5.74, 6) is 0.989. The van der Waals surface area contributed by atoms with Crippen LogP contribution in [0.25, 0.3) is 0 Å². The molecule has 1 saturated heterocycles. The normalized spacial score (nSPS) is 18.6. The fourth-order valence-corrected chi connectivity index (χ4v) is 2.30. The van der Waals surface area contributed by atoms with Gasteiger partial charge in [-0.15, -0.1) is 0 Å². The van der Waals surface area contributed by atoms with Crippen LogP contribution in [0.15, 0.2) is 0 Å². The average Bonchev–Trinajstić information content (AvgIpc) is 2.28. The topological polar surface area (TPSA) is 18.5 Å². The van der Waals surface area contributed by atoms with Gasteiger partial charge in [-0.3, -0.25) is 0 Å². The molecule has 1 fully saturated rings. The van der Waals surface area contributed by atoms with Crippen molar-refractivity contribution in [3.8, 4) is 0 Å². The molecular formula is C13H29N3. The molecular weight excluding hydrogens is 198 g/mol.